The van der Waals surface area contributed by atoms with Gasteiger partial charge in [-0.3, -0.25) is 15.0 Å². The summed E-state index contributed by atoms with van der Waals surface area (Å²) < 4.78 is 16.8. The topological polar surface area (TPSA) is 77.1 Å². The molecular weight excluding hydrogens is 416 g/mol. The fourth-order valence-electron chi connectivity index (χ4n) is 2.68. The van der Waals surface area contributed by atoms with E-state index in [2.05, 4.69) is 21.4 Å². The van der Waals surface area contributed by atoms with E-state index in [1.54, 1.807) is 36.4 Å². The average Bonchev–Trinajstić information content (AvgIpc) is 2.96. The highest BCUT2D eigenvalue weighted by Crippen LogP contribution is 2.39. The largest absolute Gasteiger partial charge is 0.493 e. The summed E-state index contributed by atoms with van der Waals surface area (Å²) in [5, 5.41) is 1.21. The molecule has 1 N–H and O–H groups in total. The van der Waals surface area contributed by atoms with Crippen LogP contribution >= 0.6 is 15.9 Å². The maximum absolute atomic E-state index is 12.7. The molecule has 1 saturated heterocycles. The fourth-order valence-corrected chi connectivity index (χ4v) is 2.95. The first-order valence-corrected chi connectivity index (χ1v) is 8.70. The normalized spacial score (nSPS) is 15.1. The Kier molecular flexibility index (Phi) is 5.36. The molecule has 0 atom stereocenters. The maximum Gasteiger partial charge on any atom is 0.282 e. The molecule has 27 heavy (non-hydrogen) atoms. The molecule has 2 aromatic rings. The Morgan fingerprint density at radius 1 is 0.963 bits per heavy atom. The van der Waals surface area contributed by atoms with Gasteiger partial charge in [-0.05, 0) is 48.0 Å². The first kappa shape index (κ1) is 18.8. The Balaban J connectivity index is 1.98. The van der Waals surface area contributed by atoms with Crippen LogP contribution in [0.2, 0.25) is 0 Å². The third kappa shape index (κ3) is 3.61. The van der Waals surface area contributed by atoms with Gasteiger partial charge in [0.25, 0.3) is 11.8 Å². The summed E-state index contributed by atoms with van der Waals surface area (Å²) in [6, 6.07) is 10.4. The zero-order valence-electron chi connectivity index (χ0n) is 14.9. The fraction of sp³-hybridized carbons (Fsp3) is 0.158. The molecule has 1 aliphatic rings. The lowest BCUT2D eigenvalue weighted by atomic mass is 10.1. The first-order valence-electron chi connectivity index (χ1n) is 7.91. The number of halogens is 1. The number of nitrogens with one attached hydrogen (secondary N) is 1. The number of carbonyl (C=O) groups is 2. The van der Waals surface area contributed by atoms with Gasteiger partial charge < -0.3 is 14.2 Å². The van der Waals surface area contributed by atoms with Crippen LogP contribution in [0.1, 0.15) is 5.56 Å². The molecule has 0 aliphatic carbocycles. The van der Waals surface area contributed by atoms with Crippen LogP contribution in [0, 0.1) is 0 Å². The highest BCUT2D eigenvalue weighted by molar-refractivity contribution is 9.10. The number of ether oxygens (including phenoxy) is 3. The predicted octanol–water partition coefficient (Wildman–Crippen LogP) is 2.94. The molecule has 7 nitrogen and oxygen atoms in total. The van der Waals surface area contributed by atoms with E-state index in [-0.39, 0.29) is 5.57 Å². The molecule has 0 aromatic heterocycles. The van der Waals surface area contributed by atoms with Gasteiger partial charge in [0.2, 0.25) is 5.75 Å². The highest BCUT2D eigenvalue weighted by atomic mass is 79.9. The molecule has 1 fully saturated rings. The van der Waals surface area contributed by atoms with Crippen LogP contribution < -0.4 is 24.6 Å². The summed E-state index contributed by atoms with van der Waals surface area (Å²) in [4.78, 5) is 25.0. The second-order valence-corrected chi connectivity index (χ2v) is 6.49. The van der Waals surface area contributed by atoms with Gasteiger partial charge in [0.15, 0.2) is 11.5 Å². The molecular formula is C19H17BrN2O5. The lowest BCUT2D eigenvalue weighted by Crippen LogP contribution is -2.35. The van der Waals surface area contributed by atoms with Crippen molar-refractivity contribution in [3.8, 4) is 17.2 Å². The molecule has 8 heteroatoms. The summed E-state index contributed by atoms with van der Waals surface area (Å²) in [5.74, 6) is 0.354. The van der Waals surface area contributed by atoms with Gasteiger partial charge in [0.1, 0.15) is 5.57 Å². The van der Waals surface area contributed by atoms with Crippen molar-refractivity contribution < 1.29 is 23.8 Å². The molecule has 1 heterocycles. The van der Waals surface area contributed by atoms with Gasteiger partial charge >= 0.3 is 0 Å². The molecule has 0 radical (unpaired) electrons. The molecule has 0 unspecified atom stereocenters. The van der Waals surface area contributed by atoms with E-state index >= 15 is 0 Å². The van der Waals surface area contributed by atoms with Crippen molar-refractivity contribution in [2.75, 3.05) is 26.3 Å². The number of anilines is 1. The Bertz CT molecular complexity index is 899. The van der Waals surface area contributed by atoms with E-state index in [4.69, 9.17) is 14.2 Å². The van der Waals surface area contributed by atoms with Crippen molar-refractivity contribution in [2.24, 2.45) is 0 Å². The van der Waals surface area contributed by atoms with Gasteiger partial charge in [-0.25, -0.2) is 5.01 Å². The number of hydrazine groups is 1. The summed E-state index contributed by atoms with van der Waals surface area (Å²) in [6.07, 6.45) is 1.49. The van der Waals surface area contributed by atoms with Crippen LogP contribution in [-0.4, -0.2) is 33.1 Å². The number of nitrogens with zero attached hydrogens (tertiary/aromatic N) is 1. The maximum atomic E-state index is 12.7. The van der Waals surface area contributed by atoms with Gasteiger partial charge in [-0.2, -0.15) is 0 Å². The lowest BCUT2D eigenvalue weighted by molar-refractivity contribution is -0.117. The number of carbonyl (C=O) groups excluding carboxylic acids is 2. The van der Waals surface area contributed by atoms with Crippen molar-refractivity contribution in [3.05, 3.63) is 52.0 Å². The van der Waals surface area contributed by atoms with Crippen LogP contribution in [0.5, 0.6) is 17.2 Å². The van der Waals surface area contributed by atoms with Crippen molar-refractivity contribution in [1.82, 2.24) is 5.43 Å². The Labute approximate surface area is 164 Å². The van der Waals surface area contributed by atoms with E-state index in [9.17, 15) is 9.59 Å². The molecule has 3 rings (SSSR count). The van der Waals surface area contributed by atoms with Gasteiger partial charge in [-0.15, -0.1) is 0 Å². The minimum atomic E-state index is -0.489. The summed E-state index contributed by atoms with van der Waals surface area (Å²) in [6.45, 7) is 0. The molecule has 0 saturated carbocycles. The minimum absolute atomic E-state index is 0.00666. The van der Waals surface area contributed by atoms with Crippen LogP contribution in [-0.2, 0) is 9.59 Å². The average molecular weight is 433 g/mol. The van der Waals surface area contributed by atoms with Gasteiger partial charge in [0.05, 0.1) is 27.0 Å². The number of amides is 2. The third-order valence-electron chi connectivity index (χ3n) is 3.97. The van der Waals surface area contributed by atoms with Crippen molar-refractivity contribution in [3.63, 3.8) is 0 Å². The summed E-state index contributed by atoms with van der Waals surface area (Å²) in [5.41, 5.74) is 3.70. The standard InChI is InChI=1S/C19H17BrN2O5/c1-25-15-9-11(10-16(26-2)17(15)27-3)8-14-18(23)21-22(19(14)24)13-6-4-12(20)5-7-13/h4-10H,1-3H3,(H,21,23). The van der Waals surface area contributed by atoms with Crippen LogP contribution in [0.4, 0.5) is 5.69 Å². The highest BCUT2D eigenvalue weighted by Gasteiger charge is 2.34. The first-order chi connectivity index (χ1) is 13.0. The van der Waals surface area contributed by atoms with E-state index in [0.717, 1.165) is 4.47 Å². The van der Waals surface area contributed by atoms with Gasteiger partial charge in [-0.1, -0.05) is 15.9 Å². The van der Waals surface area contributed by atoms with Crippen molar-refractivity contribution in [1.29, 1.82) is 0 Å². The molecule has 0 bridgehead atoms. The number of hydrogen-bond acceptors (Lipinski definition) is 5. The second-order valence-electron chi connectivity index (χ2n) is 5.57. The molecule has 2 amide bonds. The summed E-state index contributed by atoms with van der Waals surface area (Å²) in [7, 11) is 4.50. The third-order valence-corrected chi connectivity index (χ3v) is 4.50. The Hall–Kier alpha value is -3.00. The SMILES string of the molecule is COc1cc(C=C2C(=O)NN(c3ccc(Br)cc3)C2=O)cc(OC)c1OC. The van der Waals surface area contributed by atoms with Crippen molar-refractivity contribution >= 4 is 39.5 Å². The van der Waals surface area contributed by atoms with E-state index in [0.29, 0.717) is 28.5 Å². The monoisotopic (exact) mass is 432 g/mol. The van der Waals surface area contributed by atoms with E-state index < -0.39 is 11.8 Å². The molecule has 140 valence electrons. The summed E-state index contributed by atoms with van der Waals surface area (Å²) >= 11 is 3.34. The number of methoxy groups -OCH3 is 3. The van der Waals surface area contributed by atoms with Crippen molar-refractivity contribution in [2.45, 2.75) is 0 Å². The van der Waals surface area contributed by atoms with E-state index in [1.807, 2.05) is 0 Å². The quantitative estimate of drug-likeness (QED) is 0.580. The minimum Gasteiger partial charge on any atom is -0.493 e. The Morgan fingerprint density at radius 2 is 1.56 bits per heavy atom. The number of rotatable bonds is 5. The zero-order valence-corrected chi connectivity index (χ0v) is 16.5. The van der Waals surface area contributed by atoms with E-state index in [1.165, 1.54) is 32.4 Å². The number of hydrogen-bond donors (Lipinski definition) is 1. The zero-order chi connectivity index (χ0) is 19.6. The second kappa shape index (κ2) is 7.71. The van der Waals surface area contributed by atoms with Crippen LogP contribution in [0.25, 0.3) is 6.08 Å². The van der Waals surface area contributed by atoms with Crippen LogP contribution in [0.15, 0.2) is 46.4 Å². The van der Waals surface area contributed by atoms with Crippen LogP contribution in [0.3, 0.4) is 0 Å². The number of benzene rings is 2. The lowest BCUT2D eigenvalue weighted by Gasteiger charge is -2.14. The Morgan fingerprint density at radius 3 is 2.07 bits per heavy atom. The predicted molar refractivity (Wildman–Crippen MR) is 104 cm³/mol. The molecule has 1 aliphatic heterocycles. The molecule has 0 spiro atoms. The smallest absolute Gasteiger partial charge is 0.282 e. The molecule has 2 aromatic carbocycles. The van der Waals surface area contributed by atoms with Gasteiger partial charge in [0, 0.05) is 4.47 Å².